The fraction of sp³-hybridized carbons (Fsp3) is 0.500. The predicted octanol–water partition coefficient (Wildman–Crippen LogP) is 0.360. The van der Waals surface area contributed by atoms with Gasteiger partial charge < -0.3 is 10.2 Å². The molecule has 1 fully saturated rings. The van der Waals surface area contributed by atoms with Crippen LogP contribution in [0.1, 0.15) is 11.1 Å². The number of rotatable bonds is 2. The second-order valence-electron chi connectivity index (χ2n) is 4.03. The highest BCUT2D eigenvalue weighted by Crippen LogP contribution is 2.33. The van der Waals surface area contributed by atoms with Gasteiger partial charge in [0.15, 0.2) is 0 Å². The van der Waals surface area contributed by atoms with Crippen LogP contribution in [0.3, 0.4) is 0 Å². The van der Waals surface area contributed by atoms with Crippen LogP contribution in [0.4, 0.5) is 0 Å². The number of hydrogen-bond acceptors (Lipinski definition) is 4. The van der Waals surface area contributed by atoms with Crippen LogP contribution in [0.2, 0.25) is 5.15 Å². The van der Waals surface area contributed by atoms with Crippen LogP contribution in [0.25, 0.3) is 0 Å². The Hall–Kier alpha value is -0.680. The third-order valence-corrected chi connectivity index (χ3v) is 2.90. The summed E-state index contributed by atoms with van der Waals surface area (Å²) in [5.74, 6) is 0. The molecule has 2 rings (SSSR count). The first kappa shape index (κ1) is 10.8. The van der Waals surface area contributed by atoms with E-state index in [9.17, 15) is 10.2 Å². The van der Waals surface area contributed by atoms with Crippen molar-refractivity contribution in [3.63, 3.8) is 0 Å². The smallest absolute Gasteiger partial charge is 0.129 e. The highest BCUT2D eigenvalue weighted by Gasteiger charge is 2.42. The molecule has 1 saturated heterocycles. The second kappa shape index (κ2) is 3.72. The number of halogens is 1. The highest BCUT2D eigenvalue weighted by molar-refractivity contribution is 6.29. The second-order valence-corrected chi connectivity index (χ2v) is 4.41. The molecule has 5 heteroatoms. The fourth-order valence-corrected chi connectivity index (χ4v) is 2.22. The summed E-state index contributed by atoms with van der Waals surface area (Å²) >= 11 is 5.72. The molecule has 0 aliphatic carbocycles. The van der Waals surface area contributed by atoms with Gasteiger partial charge in [0.25, 0.3) is 0 Å². The van der Waals surface area contributed by atoms with Gasteiger partial charge in [0, 0.05) is 24.8 Å². The number of β-amino-alcohol motifs (C(OH)–C–C–N with tert-alkyl or cyclic N) is 1. The Labute approximate surface area is 93.1 Å². The number of likely N-dealkylation sites (tertiary alicyclic amines) is 1. The van der Waals surface area contributed by atoms with Gasteiger partial charge in [-0.15, -0.1) is 0 Å². The van der Waals surface area contributed by atoms with Gasteiger partial charge in [-0.3, -0.25) is 4.90 Å². The number of pyridine rings is 1. The minimum atomic E-state index is -0.885. The minimum Gasteiger partial charge on any atom is -0.392 e. The van der Waals surface area contributed by atoms with Crippen molar-refractivity contribution in [2.24, 2.45) is 0 Å². The Morgan fingerprint density at radius 3 is 2.80 bits per heavy atom. The standard InChI is InChI=1S/C10H13ClN2O2/c1-13-5-10(15,6-13)8-3-12-9(11)2-7(8)4-14/h2-3,14-15H,4-6H2,1H3. The Bertz CT molecular complexity index is 378. The van der Waals surface area contributed by atoms with E-state index in [4.69, 9.17) is 11.6 Å². The Balaban J connectivity index is 2.36. The number of aliphatic hydroxyl groups excluding tert-OH is 1. The van der Waals surface area contributed by atoms with Crippen molar-refractivity contribution in [3.05, 3.63) is 28.5 Å². The van der Waals surface area contributed by atoms with Gasteiger partial charge in [0.05, 0.1) is 6.61 Å². The van der Waals surface area contributed by atoms with Crippen LogP contribution < -0.4 is 0 Å². The summed E-state index contributed by atoms with van der Waals surface area (Å²) in [6.45, 7) is 0.982. The summed E-state index contributed by atoms with van der Waals surface area (Å²) in [7, 11) is 1.93. The molecule has 0 saturated carbocycles. The van der Waals surface area contributed by atoms with E-state index < -0.39 is 5.60 Å². The molecule has 1 aliphatic rings. The van der Waals surface area contributed by atoms with E-state index in [0.29, 0.717) is 29.4 Å². The zero-order valence-electron chi connectivity index (χ0n) is 8.44. The molecule has 4 nitrogen and oxygen atoms in total. The van der Waals surface area contributed by atoms with Crippen LogP contribution >= 0.6 is 11.6 Å². The molecule has 0 bridgehead atoms. The third-order valence-electron chi connectivity index (χ3n) is 2.69. The molecule has 1 aromatic rings. The molecule has 1 aliphatic heterocycles. The lowest BCUT2D eigenvalue weighted by atomic mass is 9.85. The van der Waals surface area contributed by atoms with Crippen LogP contribution in [-0.2, 0) is 12.2 Å². The minimum absolute atomic E-state index is 0.135. The van der Waals surface area contributed by atoms with E-state index in [0.717, 1.165) is 0 Å². The molecular formula is C10H13ClN2O2. The fourth-order valence-electron chi connectivity index (χ4n) is 2.03. The first-order chi connectivity index (χ1) is 7.05. The quantitative estimate of drug-likeness (QED) is 0.718. The Kier molecular flexibility index (Phi) is 2.68. The molecule has 0 radical (unpaired) electrons. The van der Waals surface area contributed by atoms with Gasteiger partial charge in [-0.25, -0.2) is 4.98 Å². The lowest BCUT2D eigenvalue weighted by Gasteiger charge is -2.45. The molecule has 0 aromatic carbocycles. The first-order valence-electron chi connectivity index (χ1n) is 4.72. The predicted molar refractivity (Wildman–Crippen MR) is 56.6 cm³/mol. The summed E-state index contributed by atoms with van der Waals surface area (Å²) in [5, 5.41) is 19.7. The zero-order chi connectivity index (χ0) is 11.1. The average molecular weight is 229 g/mol. The Morgan fingerprint density at radius 1 is 1.60 bits per heavy atom. The van der Waals surface area contributed by atoms with E-state index in [1.54, 1.807) is 12.3 Å². The third kappa shape index (κ3) is 1.86. The van der Waals surface area contributed by atoms with Gasteiger partial charge in [0.1, 0.15) is 10.8 Å². The van der Waals surface area contributed by atoms with Crippen molar-refractivity contribution in [1.82, 2.24) is 9.88 Å². The lowest BCUT2D eigenvalue weighted by Crippen LogP contribution is -2.57. The van der Waals surface area contributed by atoms with E-state index >= 15 is 0 Å². The van der Waals surface area contributed by atoms with E-state index in [1.165, 1.54) is 0 Å². The van der Waals surface area contributed by atoms with Crippen molar-refractivity contribution in [2.45, 2.75) is 12.2 Å². The molecule has 0 spiro atoms. The summed E-state index contributed by atoms with van der Waals surface area (Å²) in [4.78, 5) is 5.93. The molecule has 82 valence electrons. The molecule has 0 unspecified atom stereocenters. The van der Waals surface area contributed by atoms with Gasteiger partial charge in [-0.2, -0.15) is 0 Å². The van der Waals surface area contributed by atoms with Crippen molar-refractivity contribution in [1.29, 1.82) is 0 Å². The van der Waals surface area contributed by atoms with Crippen molar-refractivity contribution in [2.75, 3.05) is 20.1 Å². The normalized spacial score (nSPS) is 20.0. The van der Waals surface area contributed by atoms with Crippen LogP contribution in [-0.4, -0.2) is 40.2 Å². The highest BCUT2D eigenvalue weighted by atomic mass is 35.5. The number of aliphatic hydroxyl groups is 2. The zero-order valence-corrected chi connectivity index (χ0v) is 9.20. The maximum atomic E-state index is 10.2. The maximum Gasteiger partial charge on any atom is 0.129 e. The molecule has 1 aromatic heterocycles. The van der Waals surface area contributed by atoms with Crippen LogP contribution in [0.15, 0.2) is 12.3 Å². The van der Waals surface area contributed by atoms with E-state index in [-0.39, 0.29) is 6.61 Å². The van der Waals surface area contributed by atoms with Gasteiger partial charge in [-0.05, 0) is 18.7 Å². The van der Waals surface area contributed by atoms with Crippen LogP contribution in [0, 0.1) is 0 Å². The summed E-state index contributed by atoms with van der Waals surface area (Å²) in [6.07, 6.45) is 1.54. The van der Waals surface area contributed by atoms with E-state index in [1.807, 2.05) is 11.9 Å². The Morgan fingerprint density at radius 2 is 2.27 bits per heavy atom. The number of hydrogen-bond donors (Lipinski definition) is 2. The molecule has 2 N–H and O–H groups in total. The summed E-state index contributed by atoms with van der Waals surface area (Å²) in [5.41, 5.74) is 0.433. The SMILES string of the molecule is CN1CC(O)(c2cnc(Cl)cc2CO)C1. The number of likely N-dealkylation sites (N-methyl/N-ethyl adjacent to an activating group) is 1. The van der Waals surface area contributed by atoms with Gasteiger partial charge in [-0.1, -0.05) is 11.6 Å². The first-order valence-corrected chi connectivity index (χ1v) is 5.09. The summed E-state index contributed by atoms with van der Waals surface area (Å²) < 4.78 is 0. The largest absolute Gasteiger partial charge is 0.392 e. The molecule has 0 amide bonds. The van der Waals surface area contributed by atoms with Crippen molar-refractivity contribution in [3.8, 4) is 0 Å². The van der Waals surface area contributed by atoms with Crippen molar-refractivity contribution < 1.29 is 10.2 Å². The number of aromatic nitrogens is 1. The molecule has 15 heavy (non-hydrogen) atoms. The number of nitrogens with zero attached hydrogens (tertiary/aromatic N) is 2. The van der Waals surface area contributed by atoms with Gasteiger partial charge in [0.2, 0.25) is 0 Å². The molecule has 0 atom stereocenters. The lowest BCUT2D eigenvalue weighted by molar-refractivity contribution is -0.0931. The monoisotopic (exact) mass is 228 g/mol. The molecular weight excluding hydrogens is 216 g/mol. The van der Waals surface area contributed by atoms with Gasteiger partial charge >= 0.3 is 0 Å². The maximum absolute atomic E-state index is 10.2. The van der Waals surface area contributed by atoms with E-state index in [2.05, 4.69) is 4.98 Å². The van der Waals surface area contributed by atoms with Crippen LogP contribution in [0.5, 0.6) is 0 Å². The molecule has 2 heterocycles. The average Bonchev–Trinajstić information content (AvgIpc) is 2.15. The summed E-state index contributed by atoms with van der Waals surface area (Å²) in [6, 6.07) is 1.59. The van der Waals surface area contributed by atoms with Crippen molar-refractivity contribution >= 4 is 11.6 Å². The topological polar surface area (TPSA) is 56.6 Å².